The van der Waals surface area contributed by atoms with Crippen LogP contribution in [0.25, 0.3) is 0 Å². The molecule has 5 rings (SSSR count). The van der Waals surface area contributed by atoms with Crippen molar-refractivity contribution in [1.82, 2.24) is 5.32 Å². The van der Waals surface area contributed by atoms with E-state index in [-0.39, 0.29) is 6.07 Å². The summed E-state index contributed by atoms with van der Waals surface area (Å²) in [6, 6.07) is 34.2. The Morgan fingerprint density at radius 1 is 0.604 bits per heavy atom. The number of benzene rings is 5. The quantitative estimate of drug-likeness (QED) is 0.122. The first-order chi connectivity index (χ1) is 22.6. The number of hydrogen-bond donors (Lipinski definition) is 1. The Balaban J connectivity index is 1.69. The molecule has 0 radical (unpaired) electrons. The molecule has 0 aromatic heterocycles. The maximum absolute atomic E-state index is 13.8. The van der Waals surface area contributed by atoms with Crippen LogP contribution < -0.4 is 21.2 Å². The normalized spacial score (nSPS) is 12.9. The van der Waals surface area contributed by atoms with Crippen molar-refractivity contribution >= 4 is 29.1 Å². The summed E-state index contributed by atoms with van der Waals surface area (Å²) in [4.78, 5) is 13.8. The summed E-state index contributed by atoms with van der Waals surface area (Å²) in [5.74, 6) is -1.01. The van der Waals surface area contributed by atoms with Crippen molar-refractivity contribution in [3.63, 3.8) is 0 Å². The fourth-order valence-corrected chi connectivity index (χ4v) is 10.3. The van der Waals surface area contributed by atoms with E-state index in [1.807, 2.05) is 87.5 Å². The summed E-state index contributed by atoms with van der Waals surface area (Å²) in [5, 5.41) is 5.99. The molecular formula is C39H35F6NOP+. The second-order valence-corrected chi connectivity index (χ2v) is 15.7. The van der Waals surface area contributed by atoms with Crippen LogP contribution in [0.5, 0.6) is 0 Å². The molecule has 0 saturated heterocycles. The van der Waals surface area contributed by atoms with Crippen molar-refractivity contribution in [2.24, 2.45) is 0 Å². The van der Waals surface area contributed by atoms with Gasteiger partial charge >= 0.3 is 12.4 Å². The molecule has 0 fully saturated rings. The van der Waals surface area contributed by atoms with Gasteiger partial charge in [0.15, 0.2) is 0 Å². The van der Waals surface area contributed by atoms with Crippen molar-refractivity contribution in [3.05, 3.63) is 160 Å². The van der Waals surface area contributed by atoms with Gasteiger partial charge in [-0.05, 0) is 87.4 Å². The summed E-state index contributed by atoms with van der Waals surface area (Å²) in [6.45, 7) is 5.97. The SMILES string of the molecule is Cc1ccc([P+](C[C@H](Cc2ccccc2)NC(=O)c2cc(C(F)(F)F)cc(C(F)(F)F)c2)(c2ccc(C)cc2)c2ccc(C)cc2)cc1. The Morgan fingerprint density at radius 2 is 1.00 bits per heavy atom. The van der Waals surface area contributed by atoms with Gasteiger partial charge in [-0.15, -0.1) is 0 Å². The van der Waals surface area contributed by atoms with Crippen LogP contribution in [0, 0.1) is 20.8 Å². The highest BCUT2D eigenvalue weighted by atomic mass is 31.2. The Morgan fingerprint density at radius 3 is 1.38 bits per heavy atom. The van der Waals surface area contributed by atoms with Crippen LogP contribution >= 0.6 is 7.26 Å². The number of carbonyl (C=O) groups excluding carboxylic acids is 1. The highest BCUT2D eigenvalue weighted by Gasteiger charge is 2.48. The molecule has 5 aromatic rings. The van der Waals surface area contributed by atoms with Crippen LogP contribution in [0.15, 0.2) is 121 Å². The molecule has 0 bridgehead atoms. The highest BCUT2D eigenvalue weighted by molar-refractivity contribution is 7.95. The molecule has 0 saturated carbocycles. The van der Waals surface area contributed by atoms with E-state index in [1.165, 1.54) is 0 Å². The molecule has 48 heavy (non-hydrogen) atoms. The largest absolute Gasteiger partial charge is 0.416 e. The minimum Gasteiger partial charge on any atom is -0.345 e. The van der Waals surface area contributed by atoms with E-state index in [4.69, 9.17) is 0 Å². The summed E-state index contributed by atoms with van der Waals surface area (Å²) in [5.41, 5.74) is 0.250. The van der Waals surface area contributed by atoms with Crippen molar-refractivity contribution < 1.29 is 31.1 Å². The minimum atomic E-state index is -5.08. The molecule has 1 N–H and O–H groups in total. The van der Waals surface area contributed by atoms with Gasteiger partial charge < -0.3 is 5.32 Å². The first-order valence-electron chi connectivity index (χ1n) is 15.4. The van der Waals surface area contributed by atoms with Crippen LogP contribution in [0.2, 0.25) is 0 Å². The lowest BCUT2D eigenvalue weighted by molar-refractivity contribution is -0.143. The zero-order valence-corrected chi connectivity index (χ0v) is 27.6. The van der Waals surface area contributed by atoms with Crippen LogP contribution in [0.1, 0.15) is 43.7 Å². The molecule has 0 aliphatic carbocycles. The highest BCUT2D eigenvalue weighted by Crippen LogP contribution is 2.56. The van der Waals surface area contributed by atoms with E-state index in [0.717, 1.165) is 38.2 Å². The molecule has 1 amide bonds. The molecule has 5 aromatic carbocycles. The predicted molar refractivity (Wildman–Crippen MR) is 182 cm³/mol. The van der Waals surface area contributed by atoms with Gasteiger partial charge in [-0.25, -0.2) is 0 Å². The van der Waals surface area contributed by atoms with Crippen molar-refractivity contribution in [2.75, 3.05) is 6.16 Å². The molecule has 0 heterocycles. The van der Waals surface area contributed by atoms with Crippen molar-refractivity contribution in [1.29, 1.82) is 0 Å². The van der Waals surface area contributed by atoms with E-state index in [1.54, 1.807) is 0 Å². The second kappa shape index (κ2) is 14.0. The Hall–Kier alpha value is -4.42. The van der Waals surface area contributed by atoms with Gasteiger partial charge in [0.25, 0.3) is 5.91 Å². The van der Waals surface area contributed by atoms with Crippen LogP contribution in [0.4, 0.5) is 26.3 Å². The van der Waals surface area contributed by atoms with Gasteiger partial charge in [0.2, 0.25) is 0 Å². The van der Waals surface area contributed by atoms with Crippen LogP contribution in [0.3, 0.4) is 0 Å². The standard InChI is InChI=1S/C39H34F6NOP/c1-26-9-15-34(16-10-26)48(35-17-11-27(2)12-18-35,36-19-13-28(3)14-20-36)25-33(21-29-7-5-4-6-8-29)46-37(47)30-22-31(38(40,41)42)24-32(23-30)39(43,44)45/h4-20,22-24,33H,21,25H2,1-3H3/p+1/t33-/m0/s1. The molecule has 9 heteroatoms. The van der Waals surface area contributed by atoms with E-state index >= 15 is 0 Å². The average molecular weight is 679 g/mol. The van der Waals surface area contributed by atoms with Gasteiger partial charge in [-0.2, -0.15) is 26.3 Å². The lowest BCUT2D eigenvalue weighted by Crippen LogP contribution is -2.45. The number of amides is 1. The Bertz CT molecular complexity index is 1710. The molecule has 2 nitrogen and oxygen atoms in total. The van der Waals surface area contributed by atoms with Gasteiger partial charge in [-0.3, -0.25) is 4.79 Å². The summed E-state index contributed by atoms with van der Waals surface area (Å²) < 4.78 is 82.4. The monoisotopic (exact) mass is 678 g/mol. The lowest BCUT2D eigenvalue weighted by atomic mass is 10.0. The fourth-order valence-electron chi connectivity index (χ4n) is 5.91. The number of nitrogens with one attached hydrogen (secondary N) is 1. The van der Waals surface area contributed by atoms with E-state index in [9.17, 15) is 31.1 Å². The Kier molecular flexibility index (Phi) is 10.2. The molecule has 1 atom stereocenters. The topological polar surface area (TPSA) is 29.1 Å². The second-order valence-electron chi connectivity index (χ2n) is 12.2. The number of halogens is 6. The molecule has 0 unspecified atom stereocenters. The Labute approximate surface area is 277 Å². The lowest BCUT2D eigenvalue weighted by Gasteiger charge is -2.32. The van der Waals surface area contributed by atoms with E-state index in [2.05, 4.69) is 41.7 Å². The minimum absolute atomic E-state index is 0.0287. The average Bonchev–Trinajstić information content (AvgIpc) is 3.04. The number of alkyl halides is 6. The predicted octanol–water partition coefficient (Wildman–Crippen LogP) is 8.98. The van der Waals surface area contributed by atoms with Crippen LogP contribution in [-0.4, -0.2) is 18.1 Å². The van der Waals surface area contributed by atoms with E-state index in [0.29, 0.717) is 24.7 Å². The van der Waals surface area contributed by atoms with Crippen molar-refractivity contribution in [2.45, 2.75) is 45.6 Å². The third kappa shape index (κ3) is 7.99. The first-order valence-corrected chi connectivity index (χ1v) is 17.4. The van der Waals surface area contributed by atoms with Gasteiger partial charge in [0.1, 0.15) is 23.2 Å². The number of rotatable bonds is 9. The third-order valence-electron chi connectivity index (χ3n) is 8.43. The van der Waals surface area contributed by atoms with Crippen molar-refractivity contribution in [3.8, 4) is 0 Å². The van der Waals surface area contributed by atoms with E-state index < -0.39 is 48.3 Å². The van der Waals surface area contributed by atoms with Gasteiger partial charge in [0.05, 0.1) is 23.3 Å². The maximum Gasteiger partial charge on any atom is 0.416 e. The zero-order chi connectivity index (χ0) is 34.7. The summed E-state index contributed by atoms with van der Waals surface area (Å²) in [6.07, 6.45) is -9.51. The summed E-state index contributed by atoms with van der Waals surface area (Å²) >= 11 is 0. The molecule has 0 aliphatic rings. The van der Waals surface area contributed by atoms with Gasteiger partial charge in [-0.1, -0.05) is 83.4 Å². The molecule has 0 aliphatic heterocycles. The number of carbonyl (C=O) groups is 1. The van der Waals surface area contributed by atoms with Gasteiger partial charge in [0, 0.05) is 5.56 Å². The summed E-state index contributed by atoms with van der Waals surface area (Å²) in [7, 11) is -2.60. The third-order valence-corrected chi connectivity index (χ3v) is 13.0. The zero-order valence-electron chi connectivity index (χ0n) is 26.7. The fraction of sp³-hybridized carbons (Fsp3) is 0.205. The smallest absolute Gasteiger partial charge is 0.345 e. The first kappa shape index (κ1) is 34.9. The maximum atomic E-state index is 13.8. The molecule has 0 spiro atoms. The number of hydrogen-bond acceptors (Lipinski definition) is 1. The number of aryl methyl sites for hydroxylation is 3. The molecule has 248 valence electrons. The molecular weight excluding hydrogens is 643 g/mol. The van der Waals surface area contributed by atoms with Crippen LogP contribution in [-0.2, 0) is 18.8 Å².